The van der Waals surface area contributed by atoms with E-state index in [4.69, 9.17) is 5.11 Å². The van der Waals surface area contributed by atoms with E-state index in [0.717, 1.165) is 10.2 Å². The molecule has 64 valence electrons. The molecule has 0 rings (SSSR count). The molecule has 0 saturated heterocycles. The summed E-state index contributed by atoms with van der Waals surface area (Å²) in [7, 11) is 0. The van der Waals surface area contributed by atoms with Gasteiger partial charge in [-0.2, -0.15) is 11.8 Å². The maximum Gasteiger partial charge on any atom is 0.307 e. The van der Waals surface area contributed by atoms with E-state index >= 15 is 0 Å². The van der Waals surface area contributed by atoms with E-state index in [0.29, 0.717) is 5.75 Å². The van der Waals surface area contributed by atoms with Crippen LogP contribution in [0.5, 0.6) is 0 Å². The van der Waals surface area contributed by atoms with Crippen LogP contribution in [0.2, 0.25) is 0 Å². The van der Waals surface area contributed by atoms with Gasteiger partial charge in [0, 0.05) is 11.5 Å². The van der Waals surface area contributed by atoms with Crippen LogP contribution < -0.4 is 0 Å². The number of hydrogen-bond donors (Lipinski definition) is 1. The van der Waals surface area contributed by atoms with Gasteiger partial charge in [-0.15, -0.1) is 0 Å². The van der Waals surface area contributed by atoms with Crippen LogP contribution in [0.15, 0.2) is 11.1 Å². The second kappa shape index (κ2) is 5.66. The number of thioether (sulfide) groups is 1. The van der Waals surface area contributed by atoms with Gasteiger partial charge in [-0.3, -0.25) is 4.79 Å². The van der Waals surface area contributed by atoms with Gasteiger partial charge in [-0.05, 0) is 4.48 Å². The molecule has 0 aromatic carbocycles. The zero-order valence-corrected chi connectivity index (χ0v) is 8.74. The first-order valence-electron chi connectivity index (χ1n) is 3.18. The first kappa shape index (κ1) is 11.0. The van der Waals surface area contributed by atoms with Gasteiger partial charge in [0.05, 0.1) is 5.92 Å². The van der Waals surface area contributed by atoms with E-state index in [9.17, 15) is 4.79 Å². The molecule has 0 saturated carbocycles. The Morgan fingerprint density at radius 3 is 2.73 bits per heavy atom. The van der Waals surface area contributed by atoms with Gasteiger partial charge < -0.3 is 5.11 Å². The third-order valence-electron chi connectivity index (χ3n) is 1.05. The summed E-state index contributed by atoms with van der Waals surface area (Å²) in [6.07, 6.45) is 0. The predicted octanol–water partition coefficient (Wildman–Crippen LogP) is 2.35. The van der Waals surface area contributed by atoms with Crippen LogP contribution in [0.4, 0.5) is 0 Å². The summed E-state index contributed by atoms with van der Waals surface area (Å²) in [5.74, 6) is 0.405. The fourth-order valence-corrected chi connectivity index (χ4v) is 1.74. The molecule has 0 radical (unpaired) electrons. The fourth-order valence-electron chi connectivity index (χ4n) is 0.418. The first-order chi connectivity index (χ1) is 5.04. The Morgan fingerprint density at radius 2 is 2.36 bits per heavy atom. The number of aliphatic carboxylic acids is 1. The topological polar surface area (TPSA) is 37.3 Å². The number of carboxylic acids is 1. The molecule has 0 aliphatic heterocycles. The molecule has 11 heavy (non-hydrogen) atoms. The van der Waals surface area contributed by atoms with Crippen LogP contribution in [0, 0.1) is 5.92 Å². The van der Waals surface area contributed by atoms with Crippen LogP contribution in [0.3, 0.4) is 0 Å². The van der Waals surface area contributed by atoms with Crippen molar-refractivity contribution in [2.45, 2.75) is 6.92 Å². The molecule has 0 aliphatic rings. The van der Waals surface area contributed by atoms with E-state index in [1.165, 1.54) is 0 Å². The van der Waals surface area contributed by atoms with Crippen LogP contribution in [0.25, 0.3) is 0 Å². The molecular weight excluding hydrogens is 228 g/mol. The maximum atomic E-state index is 10.3. The maximum absolute atomic E-state index is 10.3. The largest absolute Gasteiger partial charge is 0.481 e. The smallest absolute Gasteiger partial charge is 0.307 e. The highest BCUT2D eigenvalue weighted by atomic mass is 79.9. The van der Waals surface area contributed by atoms with Gasteiger partial charge in [0.1, 0.15) is 0 Å². The number of carbonyl (C=O) groups is 1. The van der Waals surface area contributed by atoms with Crippen molar-refractivity contribution < 1.29 is 9.90 Å². The van der Waals surface area contributed by atoms with Crippen molar-refractivity contribution in [1.29, 1.82) is 0 Å². The Hall–Kier alpha value is 0.0400. The summed E-state index contributed by atoms with van der Waals surface area (Å²) in [5.41, 5.74) is 0. The van der Waals surface area contributed by atoms with E-state index < -0.39 is 5.97 Å². The molecule has 2 nitrogen and oxygen atoms in total. The Balaban J connectivity index is 3.39. The summed E-state index contributed by atoms with van der Waals surface area (Å²) in [6.45, 7) is 5.35. The van der Waals surface area contributed by atoms with Crippen LogP contribution in [-0.4, -0.2) is 22.6 Å². The van der Waals surface area contributed by atoms with E-state index in [1.807, 2.05) is 0 Å². The minimum Gasteiger partial charge on any atom is -0.481 e. The minimum absolute atomic E-state index is 0.271. The van der Waals surface area contributed by atoms with Gasteiger partial charge in [0.25, 0.3) is 0 Å². The van der Waals surface area contributed by atoms with Crippen molar-refractivity contribution in [2.24, 2.45) is 5.92 Å². The van der Waals surface area contributed by atoms with Crippen molar-refractivity contribution in [2.75, 3.05) is 11.5 Å². The summed E-state index contributed by atoms with van der Waals surface area (Å²) in [4.78, 5) is 10.3. The number of halogens is 1. The third kappa shape index (κ3) is 6.44. The van der Waals surface area contributed by atoms with Crippen LogP contribution in [0.1, 0.15) is 6.92 Å². The Morgan fingerprint density at radius 1 is 1.82 bits per heavy atom. The lowest BCUT2D eigenvalue weighted by molar-refractivity contribution is -0.140. The predicted molar refractivity (Wildman–Crippen MR) is 52.2 cm³/mol. The molecule has 0 spiro atoms. The van der Waals surface area contributed by atoms with E-state index in [2.05, 4.69) is 22.5 Å². The zero-order valence-electron chi connectivity index (χ0n) is 6.34. The standard InChI is InChI=1S/C7H11BrO2S/c1-5(7(9)10)3-11-4-6(2)8/h5H,2-4H2,1H3,(H,9,10). The zero-order chi connectivity index (χ0) is 8.85. The van der Waals surface area contributed by atoms with Gasteiger partial charge in [-0.25, -0.2) is 0 Å². The van der Waals surface area contributed by atoms with E-state index in [-0.39, 0.29) is 5.92 Å². The molecule has 4 heteroatoms. The fraction of sp³-hybridized carbons (Fsp3) is 0.571. The van der Waals surface area contributed by atoms with Crippen LogP contribution in [-0.2, 0) is 4.79 Å². The molecule has 1 atom stereocenters. The van der Waals surface area contributed by atoms with Gasteiger partial charge in [0.15, 0.2) is 0 Å². The highest BCUT2D eigenvalue weighted by Crippen LogP contribution is 2.14. The Kier molecular flexibility index (Phi) is 5.68. The highest BCUT2D eigenvalue weighted by Gasteiger charge is 2.09. The average Bonchev–Trinajstić information content (AvgIpc) is 1.86. The van der Waals surface area contributed by atoms with Gasteiger partial charge in [-0.1, -0.05) is 29.4 Å². The van der Waals surface area contributed by atoms with Crippen molar-refractivity contribution in [3.05, 3.63) is 11.1 Å². The van der Waals surface area contributed by atoms with Crippen molar-refractivity contribution >= 4 is 33.7 Å². The lowest BCUT2D eigenvalue weighted by Gasteiger charge is -2.03. The summed E-state index contributed by atoms with van der Waals surface area (Å²) in [5, 5.41) is 8.50. The van der Waals surface area contributed by atoms with Crippen molar-refractivity contribution in [1.82, 2.24) is 0 Å². The molecule has 0 fully saturated rings. The molecule has 0 aromatic rings. The Bertz CT molecular complexity index is 159. The van der Waals surface area contributed by atoms with E-state index in [1.54, 1.807) is 18.7 Å². The van der Waals surface area contributed by atoms with Crippen LogP contribution >= 0.6 is 27.7 Å². The molecule has 0 heterocycles. The number of carboxylic acid groups (broad SMARTS) is 1. The second-order valence-electron chi connectivity index (χ2n) is 2.27. The summed E-state index contributed by atoms with van der Waals surface area (Å²) in [6, 6.07) is 0. The normalized spacial score (nSPS) is 12.5. The SMILES string of the molecule is C=C(Br)CSCC(C)C(=O)O. The molecule has 0 amide bonds. The second-order valence-corrected chi connectivity index (χ2v) is 4.42. The molecule has 1 unspecified atom stereocenters. The number of rotatable bonds is 5. The quantitative estimate of drug-likeness (QED) is 0.800. The van der Waals surface area contributed by atoms with Crippen molar-refractivity contribution in [3.8, 4) is 0 Å². The van der Waals surface area contributed by atoms with Gasteiger partial charge >= 0.3 is 5.97 Å². The lowest BCUT2D eigenvalue weighted by atomic mass is 10.2. The molecule has 0 bridgehead atoms. The first-order valence-corrected chi connectivity index (χ1v) is 5.12. The number of hydrogen-bond acceptors (Lipinski definition) is 2. The minimum atomic E-state index is -0.738. The summed E-state index contributed by atoms with van der Waals surface area (Å²) >= 11 is 4.77. The van der Waals surface area contributed by atoms with Gasteiger partial charge in [0.2, 0.25) is 0 Å². The highest BCUT2D eigenvalue weighted by molar-refractivity contribution is 9.11. The Labute approximate surface area is 79.2 Å². The third-order valence-corrected chi connectivity index (χ3v) is 2.99. The average molecular weight is 239 g/mol. The molecule has 1 N–H and O–H groups in total. The molecule has 0 aromatic heterocycles. The lowest BCUT2D eigenvalue weighted by Crippen LogP contribution is -2.11. The monoisotopic (exact) mass is 238 g/mol. The van der Waals surface area contributed by atoms with Crippen molar-refractivity contribution in [3.63, 3.8) is 0 Å². The molecular formula is C7H11BrO2S. The molecule has 0 aliphatic carbocycles. The summed E-state index contributed by atoms with van der Waals surface area (Å²) < 4.78 is 0.903.